The molecule has 5 heterocycles. The maximum Gasteiger partial charge on any atom is 0.274 e. The van der Waals surface area contributed by atoms with E-state index in [0.717, 1.165) is 51.8 Å². The second kappa shape index (κ2) is 6.47. The Morgan fingerprint density at radius 3 is 2.70 bits per heavy atom. The van der Waals surface area contributed by atoms with Gasteiger partial charge in [-0.25, -0.2) is 14.2 Å². The van der Waals surface area contributed by atoms with Gasteiger partial charge in [-0.2, -0.15) is 10.2 Å². The molecular weight excluding hydrogens is 376 g/mol. The molecule has 2 bridgehead atoms. The van der Waals surface area contributed by atoms with E-state index < -0.39 is 0 Å². The number of hydrogen-bond acceptors (Lipinski definition) is 5. The van der Waals surface area contributed by atoms with E-state index in [4.69, 9.17) is 5.10 Å². The van der Waals surface area contributed by atoms with Gasteiger partial charge in [0.2, 0.25) is 0 Å². The fraction of sp³-hybridized carbons (Fsp3) is 0.391. The number of imidazole rings is 1. The van der Waals surface area contributed by atoms with Crippen LogP contribution in [0.15, 0.2) is 41.5 Å². The van der Waals surface area contributed by atoms with Crippen molar-refractivity contribution < 1.29 is 0 Å². The van der Waals surface area contributed by atoms with Gasteiger partial charge in [-0.05, 0) is 63.3 Å². The lowest BCUT2D eigenvalue weighted by atomic mass is 9.99. The quantitative estimate of drug-likeness (QED) is 0.559. The first-order chi connectivity index (χ1) is 14.5. The summed E-state index contributed by atoms with van der Waals surface area (Å²) in [7, 11) is 0. The summed E-state index contributed by atoms with van der Waals surface area (Å²) in [6, 6.07) is 9.20. The number of hydrogen-bond donors (Lipinski definition) is 1. The maximum absolute atomic E-state index is 13.2. The molecule has 1 aromatic carbocycles. The highest BCUT2D eigenvalue weighted by Crippen LogP contribution is 2.33. The highest BCUT2D eigenvalue weighted by atomic mass is 16.1. The molecule has 4 aromatic rings. The highest BCUT2D eigenvalue weighted by molar-refractivity contribution is 5.85. The van der Waals surface area contributed by atoms with Gasteiger partial charge < -0.3 is 5.32 Å². The summed E-state index contributed by atoms with van der Waals surface area (Å²) < 4.78 is 3.54. The molecule has 0 spiro atoms. The van der Waals surface area contributed by atoms with Crippen LogP contribution in [0.25, 0.3) is 27.7 Å². The van der Waals surface area contributed by atoms with Crippen molar-refractivity contribution in [2.75, 3.05) is 0 Å². The lowest BCUT2D eigenvalue weighted by Gasteiger charge is -2.29. The Balaban J connectivity index is 1.41. The number of nitrogens with zero attached hydrogens (tertiary/aromatic N) is 5. The van der Waals surface area contributed by atoms with Crippen molar-refractivity contribution in [3.05, 3.63) is 58.3 Å². The first-order valence-electron chi connectivity index (χ1n) is 10.7. The molecule has 6 rings (SSSR count). The van der Waals surface area contributed by atoms with Gasteiger partial charge in [0.15, 0.2) is 5.65 Å². The molecule has 3 aromatic heterocycles. The predicted octanol–water partition coefficient (Wildman–Crippen LogP) is 3.18. The maximum atomic E-state index is 13.2. The first kappa shape index (κ1) is 17.8. The molecule has 2 aliphatic rings. The number of fused-ring (bicyclic) bond motifs is 4. The van der Waals surface area contributed by atoms with Crippen LogP contribution in [0.4, 0.5) is 0 Å². The second-order valence-electron chi connectivity index (χ2n) is 8.82. The molecule has 7 heteroatoms. The topological polar surface area (TPSA) is 77.1 Å². The van der Waals surface area contributed by atoms with E-state index in [1.165, 1.54) is 12.8 Å². The average Bonchev–Trinajstić information content (AvgIpc) is 3.28. The first-order valence-corrected chi connectivity index (χ1v) is 10.7. The van der Waals surface area contributed by atoms with Crippen LogP contribution in [0.1, 0.15) is 43.0 Å². The molecule has 2 aliphatic heterocycles. The minimum atomic E-state index is 0.00942. The van der Waals surface area contributed by atoms with E-state index in [-0.39, 0.29) is 11.6 Å². The zero-order valence-corrected chi connectivity index (χ0v) is 17.2. The zero-order valence-electron chi connectivity index (χ0n) is 17.2. The van der Waals surface area contributed by atoms with Crippen LogP contribution >= 0.6 is 0 Å². The van der Waals surface area contributed by atoms with E-state index >= 15 is 0 Å². The van der Waals surface area contributed by atoms with Gasteiger partial charge in [-0.15, -0.1) is 0 Å². The van der Waals surface area contributed by atoms with Crippen LogP contribution < -0.4 is 10.9 Å². The van der Waals surface area contributed by atoms with E-state index in [9.17, 15) is 4.79 Å². The Hall–Kier alpha value is -3.06. The van der Waals surface area contributed by atoms with Gasteiger partial charge in [-0.3, -0.25) is 4.79 Å². The van der Waals surface area contributed by atoms with Crippen molar-refractivity contribution in [3.63, 3.8) is 0 Å². The highest BCUT2D eigenvalue weighted by Gasteiger charge is 2.35. The van der Waals surface area contributed by atoms with E-state index in [0.29, 0.717) is 12.1 Å². The van der Waals surface area contributed by atoms with Crippen LogP contribution in [0, 0.1) is 13.8 Å². The summed E-state index contributed by atoms with van der Waals surface area (Å²) in [5.41, 5.74) is 4.73. The third-order valence-corrected chi connectivity index (χ3v) is 6.63. The number of benzene rings is 1. The molecular formula is C23H24N6O. The van der Waals surface area contributed by atoms with Crippen molar-refractivity contribution >= 4 is 16.4 Å². The van der Waals surface area contributed by atoms with Crippen molar-refractivity contribution in [2.24, 2.45) is 0 Å². The summed E-state index contributed by atoms with van der Waals surface area (Å²) in [5, 5.41) is 14.5. The van der Waals surface area contributed by atoms with Gasteiger partial charge in [0, 0.05) is 23.0 Å². The van der Waals surface area contributed by atoms with Crippen LogP contribution in [0.5, 0.6) is 0 Å². The van der Waals surface area contributed by atoms with Crippen LogP contribution in [0.3, 0.4) is 0 Å². The zero-order chi connectivity index (χ0) is 20.4. The molecule has 0 radical (unpaired) electrons. The van der Waals surface area contributed by atoms with Crippen molar-refractivity contribution in [3.8, 4) is 11.3 Å². The molecule has 0 amide bonds. The third-order valence-electron chi connectivity index (χ3n) is 6.63. The molecule has 3 atom stereocenters. The molecule has 0 aliphatic carbocycles. The number of aromatic nitrogens is 5. The normalized spacial score (nSPS) is 23.5. The minimum absolute atomic E-state index is 0.00942. The van der Waals surface area contributed by atoms with Crippen LogP contribution in [-0.2, 0) is 0 Å². The summed E-state index contributed by atoms with van der Waals surface area (Å²) in [6.45, 7) is 4.01. The second-order valence-corrected chi connectivity index (χ2v) is 8.82. The van der Waals surface area contributed by atoms with Gasteiger partial charge >= 0.3 is 0 Å². The number of nitrogens with one attached hydrogen (secondary N) is 1. The number of piperidine rings is 1. The fourth-order valence-electron chi connectivity index (χ4n) is 5.20. The molecule has 0 unspecified atom stereocenters. The molecule has 30 heavy (non-hydrogen) atoms. The van der Waals surface area contributed by atoms with E-state index in [1.54, 1.807) is 4.68 Å². The number of aryl methyl sites for hydroxylation is 2. The predicted molar refractivity (Wildman–Crippen MR) is 116 cm³/mol. The molecule has 7 nitrogen and oxygen atoms in total. The summed E-state index contributed by atoms with van der Waals surface area (Å²) in [4.78, 5) is 17.7. The monoisotopic (exact) mass is 400 g/mol. The van der Waals surface area contributed by atoms with Gasteiger partial charge in [0.05, 0.1) is 35.2 Å². The van der Waals surface area contributed by atoms with Crippen LogP contribution in [0.2, 0.25) is 0 Å². The van der Waals surface area contributed by atoms with Gasteiger partial charge in [0.1, 0.15) is 0 Å². The average molecular weight is 400 g/mol. The van der Waals surface area contributed by atoms with Crippen molar-refractivity contribution in [1.82, 2.24) is 29.7 Å². The van der Waals surface area contributed by atoms with E-state index in [2.05, 4.69) is 15.4 Å². The Labute approximate surface area is 173 Å². The summed E-state index contributed by atoms with van der Waals surface area (Å²) in [5.74, 6) is 0. The SMILES string of the molecule is Cc1cn2nc(-c3ccc4c(=O)n([C@@H]5C[C@H]6CC[C@@H](C5)N6)ncc4c3)cc(C)c2n1. The number of rotatable bonds is 2. The molecule has 1 N–H and O–H groups in total. The molecule has 0 saturated carbocycles. The third kappa shape index (κ3) is 2.76. The van der Waals surface area contributed by atoms with E-state index in [1.807, 2.05) is 55.0 Å². The van der Waals surface area contributed by atoms with Crippen LogP contribution in [-0.4, -0.2) is 36.5 Å². The Morgan fingerprint density at radius 1 is 1.10 bits per heavy atom. The summed E-state index contributed by atoms with van der Waals surface area (Å²) >= 11 is 0. The standard InChI is InChI=1S/C23H24N6O/c1-13-7-21(27-28-12-14(2)25-22(13)28)15-3-6-20-16(8-15)11-24-29(23(20)30)19-9-17-4-5-18(10-19)26-17/h3,6-8,11-12,17-19,26H,4-5,9-10H2,1-2H3/t17-,18+,19-. The largest absolute Gasteiger partial charge is 0.311 e. The summed E-state index contributed by atoms with van der Waals surface area (Å²) in [6.07, 6.45) is 8.15. The lowest BCUT2D eigenvalue weighted by molar-refractivity contribution is 0.275. The fourth-order valence-corrected chi connectivity index (χ4v) is 5.20. The molecule has 2 fully saturated rings. The van der Waals surface area contributed by atoms with Gasteiger partial charge in [0.25, 0.3) is 5.56 Å². The lowest BCUT2D eigenvalue weighted by Crippen LogP contribution is -2.41. The molecule has 2 saturated heterocycles. The molecule has 152 valence electrons. The minimum Gasteiger partial charge on any atom is -0.311 e. The smallest absolute Gasteiger partial charge is 0.274 e. The van der Waals surface area contributed by atoms with Gasteiger partial charge in [-0.1, -0.05) is 6.07 Å². The Kier molecular flexibility index (Phi) is 3.83. The van der Waals surface area contributed by atoms with Crippen molar-refractivity contribution in [1.29, 1.82) is 0 Å². The van der Waals surface area contributed by atoms with Crippen molar-refractivity contribution in [2.45, 2.75) is 57.7 Å². The Bertz CT molecular complexity index is 1340. The Morgan fingerprint density at radius 2 is 1.90 bits per heavy atom.